The Hall–Kier alpha value is -1.38. The monoisotopic (exact) mass is 378 g/mol. The zero-order valence-electron chi connectivity index (χ0n) is 13.5. The Bertz CT molecular complexity index is 742. The van der Waals surface area contributed by atoms with Gasteiger partial charge in [-0.1, -0.05) is 71.6 Å². The first kappa shape index (κ1) is 17.4. The predicted octanol–water partition coefficient (Wildman–Crippen LogP) is 4.07. The molecule has 126 valence electrons. The van der Waals surface area contributed by atoms with E-state index in [1.54, 1.807) is 23.5 Å². The molecule has 24 heavy (non-hydrogen) atoms. The fourth-order valence-corrected chi connectivity index (χ4v) is 5.01. The standard InChI is InChI=1S/C16H18N4OS3/c1-3-12(23-16-17-8-9-22-16)13(21)18-15-20-19-14(24-15)11-6-4-10(2)5-7-11/h4-7,12H,3,8-9H2,1-2H3,(H,18,20,21). The maximum absolute atomic E-state index is 12.5. The molecule has 1 aliphatic rings. The minimum Gasteiger partial charge on any atom is -0.300 e. The summed E-state index contributed by atoms with van der Waals surface area (Å²) < 4.78 is 1.01. The van der Waals surface area contributed by atoms with E-state index < -0.39 is 0 Å². The van der Waals surface area contributed by atoms with Crippen molar-refractivity contribution in [1.82, 2.24) is 10.2 Å². The summed E-state index contributed by atoms with van der Waals surface area (Å²) in [5.74, 6) is 0.973. The number of benzene rings is 1. The molecule has 3 rings (SSSR count). The van der Waals surface area contributed by atoms with Crippen molar-refractivity contribution in [2.75, 3.05) is 17.6 Å². The number of aryl methyl sites for hydroxylation is 1. The van der Waals surface area contributed by atoms with Gasteiger partial charge in [-0.3, -0.25) is 15.1 Å². The van der Waals surface area contributed by atoms with Crippen LogP contribution in [0, 0.1) is 6.92 Å². The number of nitrogens with zero attached hydrogens (tertiary/aromatic N) is 3. The molecule has 0 radical (unpaired) electrons. The largest absolute Gasteiger partial charge is 0.300 e. The molecule has 0 saturated heterocycles. The lowest BCUT2D eigenvalue weighted by Crippen LogP contribution is -2.25. The lowest BCUT2D eigenvalue weighted by Gasteiger charge is -2.12. The van der Waals surface area contributed by atoms with Gasteiger partial charge in [0.25, 0.3) is 0 Å². The molecular formula is C16H18N4OS3. The van der Waals surface area contributed by atoms with E-state index in [9.17, 15) is 4.79 Å². The van der Waals surface area contributed by atoms with Crippen molar-refractivity contribution >= 4 is 50.3 Å². The minimum atomic E-state index is -0.152. The molecule has 0 fully saturated rings. The number of aromatic nitrogens is 2. The average molecular weight is 379 g/mol. The molecule has 8 heteroatoms. The van der Waals surface area contributed by atoms with Gasteiger partial charge in [-0.2, -0.15) is 0 Å². The summed E-state index contributed by atoms with van der Waals surface area (Å²) in [6.07, 6.45) is 0.750. The van der Waals surface area contributed by atoms with E-state index in [0.29, 0.717) is 5.13 Å². The molecule has 0 aliphatic carbocycles. The Morgan fingerprint density at radius 2 is 2.12 bits per heavy atom. The highest BCUT2D eigenvalue weighted by Crippen LogP contribution is 2.30. The van der Waals surface area contributed by atoms with Crippen LogP contribution in [0.15, 0.2) is 29.3 Å². The maximum atomic E-state index is 12.5. The summed E-state index contributed by atoms with van der Waals surface area (Å²) in [6, 6.07) is 8.11. The van der Waals surface area contributed by atoms with Crippen molar-refractivity contribution < 1.29 is 4.79 Å². The zero-order valence-corrected chi connectivity index (χ0v) is 15.9. The van der Waals surface area contributed by atoms with Crippen molar-refractivity contribution in [3.63, 3.8) is 0 Å². The molecule has 0 bridgehead atoms. The van der Waals surface area contributed by atoms with Crippen molar-refractivity contribution in [2.45, 2.75) is 25.5 Å². The highest BCUT2D eigenvalue weighted by molar-refractivity contribution is 8.39. The summed E-state index contributed by atoms with van der Waals surface area (Å²) in [4.78, 5) is 16.9. The first-order valence-electron chi connectivity index (χ1n) is 7.71. The van der Waals surface area contributed by atoms with E-state index in [1.165, 1.54) is 16.9 Å². The van der Waals surface area contributed by atoms with Crippen molar-refractivity contribution in [2.24, 2.45) is 4.99 Å². The van der Waals surface area contributed by atoms with E-state index in [4.69, 9.17) is 0 Å². The Balaban J connectivity index is 1.64. The highest BCUT2D eigenvalue weighted by atomic mass is 32.2. The second-order valence-electron chi connectivity index (χ2n) is 5.28. The number of hydrogen-bond donors (Lipinski definition) is 1. The van der Waals surface area contributed by atoms with Gasteiger partial charge in [0.2, 0.25) is 11.0 Å². The van der Waals surface area contributed by atoms with Crippen LogP contribution in [0.2, 0.25) is 0 Å². The molecule has 2 heterocycles. The number of anilines is 1. The average Bonchev–Trinajstić information content (AvgIpc) is 3.25. The third-order valence-electron chi connectivity index (χ3n) is 3.42. The third kappa shape index (κ3) is 4.37. The fourth-order valence-electron chi connectivity index (χ4n) is 2.10. The summed E-state index contributed by atoms with van der Waals surface area (Å²) in [5.41, 5.74) is 2.21. The van der Waals surface area contributed by atoms with Gasteiger partial charge in [0, 0.05) is 11.3 Å². The van der Waals surface area contributed by atoms with Crippen LogP contribution in [-0.4, -0.2) is 38.0 Å². The third-order valence-corrected chi connectivity index (χ3v) is 6.87. The normalized spacial score (nSPS) is 15.2. The number of thioether (sulfide) groups is 2. The van der Waals surface area contributed by atoms with Gasteiger partial charge in [-0.25, -0.2) is 0 Å². The van der Waals surface area contributed by atoms with Gasteiger partial charge in [0.1, 0.15) is 9.38 Å². The molecule has 0 saturated carbocycles. The first-order chi connectivity index (χ1) is 11.7. The number of carbonyl (C=O) groups is 1. The molecule has 1 aliphatic heterocycles. The summed E-state index contributed by atoms with van der Waals surface area (Å²) in [5, 5.41) is 12.4. The van der Waals surface area contributed by atoms with E-state index in [-0.39, 0.29) is 11.2 Å². The number of nitrogens with one attached hydrogen (secondary N) is 1. The number of hydrogen-bond acceptors (Lipinski definition) is 7. The molecule has 1 amide bonds. The minimum absolute atomic E-state index is 0.0377. The second-order valence-corrected chi connectivity index (χ2v) is 8.79. The van der Waals surface area contributed by atoms with Gasteiger partial charge in [0.05, 0.1) is 11.8 Å². The van der Waals surface area contributed by atoms with Gasteiger partial charge >= 0.3 is 0 Å². The van der Waals surface area contributed by atoms with E-state index in [0.717, 1.165) is 33.7 Å². The van der Waals surface area contributed by atoms with Crippen LogP contribution < -0.4 is 5.32 Å². The molecule has 1 aromatic carbocycles. The number of amides is 1. The van der Waals surface area contributed by atoms with E-state index in [1.807, 2.05) is 38.1 Å². The summed E-state index contributed by atoms with van der Waals surface area (Å²) in [7, 11) is 0. The SMILES string of the molecule is CCC(SC1=NCCS1)C(=O)Nc1nnc(-c2ccc(C)cc2)s1. The summed E-state index contributed by atoms with van der Waals surface area (Å²) in [6.45, 7) is 4.90. The smallest absolute Gasteiger partial charge is 0.239 e. The number of carbonyl (C=O) groups excluding carboxylic acids is 1. The zero-order chi connectivity index (χ0) is 16.9. The Labute approximate surface area is 153 Å². The van der Waals surface area contributed by atoms with Crippen LogP contribution in [0.1, 0.15) is 18.9 Å². The van der Waals surface area contributed by atoms with E-state index >= 15 is 0 Å². The van der Waals surface area contributed by atoms with Crippen LogP contribution in [0.4, 0.5) is 5.13 Å². The van der Waals surface area contributed by atoms with Gasteiger partial charge in [-0.05, 0) is 13.3 Å². The van der Waals surface area contributed by atoms with Crippen LogP contribution in [0.5, 0.6) is 0 Å². The molecule has 2 aromatic rings. The Morgan fingerprint density at radius 3 is 2.79 bits per heavy atom. The lowest BCUT2D eigenvalue weighted by atomic mass is 10.2. The first-order valence-corrected chi connectivity index (χ1v) is 10.4. The molecule has 5 nitrogen and oxygen atoms in total. The van der Waals surface area contributed by atoms with Crippen LogP contribution >= 0.6 is 34.9 Å². The molecule has 0 spiro atoms. The fraction of sp³-hybridized carbons (Fsp3) is 0.375. The molecule has 1 atom stereocenters. The van der Waals surface area contributed by atoms with E-state index in [2.05, 4.69) is 20.5 Å². The number of aliphatic imine (C=N–C) groups is 1. The van der Waals surface area contributed by atoms with Crippen LogP contribution in [0.3, 0.4) is 0 Å². The van der Waals surface area contributed by atoms with Crippen LogP contribution in [-0.2, 0) is 4.79 Å². The van der Waals surface area contributed by atoms with Gasteiger partial charge in [0.15, 0.2) is 0 Å². The summed E-state index contributed by atoms with van der Waals surface area (Å²) >= 11 is 4.65. The molecule has 1 unspecified atom stereocenters. The van der Waals surface area contributed by atoms with Crippen molar-refractivity contribution in [3.8, 4) is 10.6 Å². The highest BCUT2D eigenvalue weighted by Gasteiger charge is 2.22. The molecule has 1 N–H and O–H groups in total. The molecular weight excluding hydrogens is 360 g/mol. The maximum Gasteiger partial charge on any atom is 0.239 e. The van der Waals surface area contributed by atoms with Gasteiger partial charge < -0.3 is 0 Å². The molecule has 1 aromatic heterocycles. The predicted molar refractivity (Wildman–Crippen MR) is 105 cm³/mol. The Morgan fingerprint density at radius 1 is 1.33 bits per heavy atom. The lowest BCUT2D eigenvalue weighted by molar-refractivity contribution is -0.115. The van der Waals surface area contributed by atoms with Crippen LogP contribution in [0.25, 0.3) is 10.6 Å². The Kier molecular flexibility index (Phi) is 5.91. The quantitative estimate of drug-likeness (QED) is 0.849. The second kappa shape index (κ2) is 8.13. The van der Waals surface area contributed by atoms with Gasteiger partial charge in [-0.15, -0.1) is 10.2 Å². The van der Waals surface area contributed by atoms with Crippen molar-refractivity contribution in [1.29, 1.82) is 0 Å². The topological polar surface area (TPSA) is 67.2 Å². The number of rotatable bonds is 5. The van der Waals surface area contributed by atoms with Crippen molar-refractivity contribution in [3.05, 3.63) is 29.8 Å².